The molecule has 7 heteroatoms. The number of thioether (sulfide) groups is 1. The molecule has 2 aromatic rings. The van der Waals surface area contributed by atoms with Crippen molar-refractivity contribution in [1.82, 2.24) is 4.90 Å². The molecule has 2 amide bonds. The highest BCUT2D eigenvalue weighted by atomic mass is 32.2. The van der Waals surface area contributed by atoms with E-state index in [9.17, 15) is 9.59 Å². The number of rotatable bonds is 6. The van der Waals surface area contributed by atoms with Crippen LogP contribution in [0.2, 0.25) is 0 Å². The fraction of sp³-hybridized carbons (Fsp3) is 0.393. The number of benzene rings is 2. The minimum atomic E-state index is -0.212. The van der Waals surface area contributed by atoms with Gasteiger partial charge in [0.2, 0.25) is 5.91 Å². The standard InChI is InChI=1S/C28H33N3O3S/c1-20(2)22-13-11-21(12-14-22)17-25-27(33)31(23-9-8-10-24(18-23)34-3)28(29-25)35-19-26(32)30-15-6-4-5-7-16-30/h8-14,17-18,20H,4-7,15-16,19H2,1-3H3/b25-17+. The van der Waals surface area contributed by atoms with Crippen LogP contribution >= 0.6 is 11.8 Å². The summed E-state index contributed by atoms with van der Waals surface area (Å²) in [4.78, 5) is 34.6. The lowest BCUT2D eigenvalue weighted by Crippen LogP contribution is -2.35. The normalized spacial score (nSPS) is 17.7. The zero-order chi connectivity index (χ0) is 24.8. The number of carbonyl (C=O) groups excluding carboxylic acids is 2. The molecule has 1 fully saturated rings. The number of ether oxygens (including phenoxy) is 1. The van der Waals surface area contributed by atoms with Gasteiger partial charge in [0.05, 0.1) is 18.6 Å². The summed E-state index contributed by atoms with van der Waals surface area (Å²) < 4.78 is 5.37. The number of nitrogens with zero attached hydrogens (tertiary/aromatic N) is 3. The predicted molar refractivity (Wildman–Crippen MR) is 144 cm³/mol. The second-order valence-corrected chi connectivity index (χ2v) is 10.1. The van der Waals surface area contributed by atoms with Crippen molar-refractivity contribution in [3.63, 3.8) is 0 Å². The lowest BCUT2D eigenvalue weighted by Gasteiger charge is -2.21. The quantitative estimate of drug-likeness (QED) is 0.487. The molecule has 0 atom stereocenters. The third-order valence-corrected chi connectivity index (χ3v) is 7.25. The first kappa shape index (κ1) is 25.0. The summed E-state index contributed by atoms with van der Waals surface area (Å²) >= 11 is 1.32. The second-order valence-electron chi connectivity index (χ2n) is 9.17. The molecule has 0 N–H and O–H groups in total. The lowest BCUT2D eigenvalue weighted by atomic mass is 10.0. The highest BCUT2D eigenvalue weighted by Crippen LogP contribution is 2.31. The number of amidine groups is 1. The Bertz CT molecular complexity index is 1120. The summed E-state index contributed by atoms with van der Waals surface area (Å²) in [5, 5.41) is 0.511. The fourth-order valence-electron chi connectivity index (χ4n) is 4.24. The van der Waals surface area contributed by atoms with Crippen molar-refractivity contribution in [3.8, 4) is 5.75 Å². The third-order valence-electron chi connectivity index (χ3n) is 6.33. The zero-order valence-corrected chi connectivity index (χ0v) is 21.5. The maximum absolute atomic E-state index is 13.5. The van der Waals surface area contributed by atoms with Crippen LogP contribution in [-0.4, -0.2) is 47.8 Å². The summed E-state index contributed by atoms with van der Waals surface area (Å²) in [5.41, 5.74) is 3.19. The van der Waals surface area contributed by atoms with Gasteiger partial charge in [0.25, 0.3) is 5.91 Å². The van der Waals surface area contributed by atoms with Gasteiger partial charge in [0.15, 0.2) is 5.17 Å². The van der Waals surface area contributed by atoms with E-state index in [4.69, 9.17) is 4.74 Å². The van der Waals surface area contributed by atoms with E-state index in [0.717, 1.165) is 31.5 Å². The summed E-state index contributed by atoms with van der Waals surface area (Å²) in [6, 6.07) is 15.5. The molecule has 0 bridgehead atoms. The van der Waals surface area contributed by atoms with Gasteiger partial charge in [-0.25, -0.2) is 4.99 Å². The van der Waals surface area contributed by atoms with E-state index >= 15 is 0 Å². The van der Waals surface area contributed by atoms with Crippen molar-refractivity contribution in [2.45, 2.75) is 45.4 Å². The van der Waals surface area contributed by atoms with Crippen molar-refractivity contribution < 1.29 is 14.3 Å². The summed E-state index contributed by atoms with van der Waals surface area (Å²) in [7, 11) is 1.60. The van der Waals surface area contributed by atoms with Gasteiger partial charge in [-0.2, -0.15) is 0 Å². The minimum absolute atomic E-state index is 0.0966. The number of amides is 2. The Morgan fingerprint density at radius 3 is 2.46 bits per heavy atom. The van der Waals surface area contributed by atoms with Crippen LogP contribution in [-0.2, 0) is 9.59 Å². The van der Waals surface area contributed by atoms with Crippen molar-refractivity contribution >= 4 is 40.5 Å². The van der Waals surface area contributed by atoms with E-state index < -0.39 is 0 Å². The molecular formula is C28H33N3O3S. The Morgan fingerprint density at radius 2 is 1.80 bits per heavy atom. The van der Waals surface area contributed by atoms with Crippen LogP contribution in [0.3, 0.4) is 0 Å². The molecule has 0 radical (unpaired) electrons. The Balaban J connectivity index is 1.59. The second kappa shape index (κ2) is 11.6. The van der Waals surface area contributed by atoms with Gasteiger partial charge < -0.3 is 9.64 Å². The van der Waals surface area contributed by atoms with E-state index in [2.05, 4.69) is 31.0 Å². The highest BCUT2D eigenvalue weighted by Gasteiger charge is 2.33. The van der Waals surface area contributed by atoms with Gasteiger partial charge in [0, 0.05) is 19.2 Å². The molecule has 2 aromatic carbocycles. The van der Waals surface area contributed by atoms with E-state index in [1.54, 1.807) is 12.0 Å². The molecule has 2 aliphatic heterocycles. The molecule has 35 heavy (non-hydrogen) atoms. The molecular weight excluding hydrogens is 458 g/mol. The summed E-state index contributed by atoms with van der Waals surface area (Å²) in [6.45, 7) is 5.92. The van der Waals surface area contributed by atoms with Gasteiger partial charge in [-0.3, -0.25) is 14.5 Å². The lowest BCUT2D eigenvalue weighted by molar-refractivity contribution is -0.128. The number of aliphatic imine (C=N–C) groups is 1. The molecule has 0 spiro atoms. The predicted octanol–water partition coefficient (Wildman–Crippen LogP) is 5.70. The Kier molecular flexibility index (Phi) is 8.29. The average Bonchev–Trinajstić information content (AvgIpc) is 3.03. The van der Waals surface area contributed by atoms with Crippen LogP contribution in [0, 0.1) is 0 Å². The summed E-state index contributed by atoms with van der Waals surface area (Å²) in [5.74, 6) is 1.23. The number of methoxy groups -OCH3 is 1. The number of carbonyl (C=O) groups is 2. The number of anilines is 1. The molecule has 1 saturated heterocycles. The van der Waals surface area contributed by atoms with Crippen LogP contribution in [0.15, 0.2) is 59.2 Å². The molecule has 184 valence electrons. The smallest absolute Gasteiger partial charge is 0.283 e. The van der Waals surface area contributed by atoms with Crippen LogP contribution in [0.1, 0.15) is 56.6 Å². The zero-order valence-electron chi connectivity index (χ0n) is 20.7. The molecule has 0 aromatic heterocycles. The molecule has 0 unspecified atom stereocenters. The molecule has 2 heterocycles. The van der Waals surface area contributed by atoms with Crippen LogP contribution in [0.4, 0.5) is 5.69 Å². The van der Waals surface area contributed by atoms with Crippen molar-refractivity contribution in [2.24, 2.45) is 4.99 Å². The van der Waals surface area contributed by atoms with Gasteiger partial charge in [0.1, 0.15) is 11.4 Å². The first-order valence-electron chi connectivity index (χ1n) is 12.3. The summed E-state index contributed by atoms with van der Waals surface area (Å²) in [6.07, 6.45) is 6.26. The molecule has 2 aliphatic rings. The number of likely N-dealkylation sites (tertiary alicyclic amines) is 1. The fourth-order valence-corrected chi connectivity index (χ4v) is 5.16. The minimum Gasteiger partial charge on any atom is -0.497 e. The van der Waals surface area contributed by atoms with Gasteiger partial charge in [-0.05, 0) is 48.1 Å². The van der Waals surface area contributed by atoms with E-state index in [1.165, 1.54) is 30.2 Å². The van der Waals surface area contributed by atoms with Gasteiger partial charge in [-0.15, -0.1) is 0 Å². The maximum Gasteiger partial charge on any atom is 0.283 e. The Morgan fingerprint density at radius 1 is 1.09 bits per heavy atom. The number of hydrogen-bond donors (Lipinski definition) is 0. The van der Waals surface area contributed by atoms with E-state index in [-0.39, 0.29) is 17.6 Å². The first-order valence-corrected chi connectivity index (χ1v) is 13.2. The van der Waals surface area contributed by atoms with Crippen LogP contribution in [0.25, 0.3) is 6.08 Å². The van der Waals surface area contributed by atoms with Crippen LogP contribution in [0.5, 0.6) is 5.75 Å². The monoisotopic (exact) mass is 491 g/mol. The molecule has 0 aliphatic carbocycles. The van der Waals surface area contributed by atoms with Gasteiger partial charge >= 0.3 is 0 Å². The molecule has 6 nitrogen and oxygen atoms in total. The van der Waals surface area contributed by atoms with Crippen molar-refractivity contribution in [3.05, 3.63) is 65.4 Å². The van der Waals surface area contributed by atoms with Crippen LogP contribution < -0.4 is 9.64 Å². The first-order chi connectivity index (χ1) is 17.0. The molecule has 0 saturated carbocycles. The van der Waals surface area contributed by atoms with E-state index in [1.807, 2.05) is 47.4 Å². The Labute approximate surface area is 212 Å². The highest BCUT2D eigenvalue weighted by molar-refractivity contribution is 8.14. The number of hydrogen-bond acceptors (Lipinski definition) is 5. The third kappa shape index (κ3) is 6.14. The van der Waals surface area contributed by atoms with E-state index in [0.29, 0.717) is 28.2 Å². The van der Waals surface area contributed by atoms with Crippen molar-refractivity contribution in [2.75, 3.05) is 30.9 Å². The largest absolute Gasteiger partial charge is 0.497 e. The average molecular weight is 492 g/mol. The Hall–Kier alpha value is -3.06. The van der Waals surface area contributed by atoms with Gasteiger partial charge in [-0.1, -0.05) is 68.8 Å². The maximum atomic E-state index is 13.5. The topological polar surface area (TPSA) is 62.2 Å². The SMILES string of the molecule is COc1cccc(N2C(=O)/C(=C\c3ccc(C(C)C)cc3)N=C2SCC(=O)N2CCCCCC2)c1. The molecule has 4 rings (SSSR count). The van der Waals surface area contributed by atoms with Crippen molar-refractivity contribution in [1.29, 1.82) is 0 Å².